The first kappa shape index (κ1) is 9.89. The lowest BCUT2D eigenvalue weighted by atomic mass is 10.1. The molecule has 60 valence electrons. The second kappa shape index (κ2) is 5.66. The van der Waals surface area contributed by atoms with Crippen molar-refractivity contribution in [3.05, 3.63) is 37.1 Å². The summed E-state index contributed by atoms with van der Waals surface area (Å²) in [5.41, 5.74) is 1.03. The van der Waals surface area contributed by atoms with Gasteiger partial charge in [-0.2, -0.15) is 0 Å². The van der Waals surface area contributed by atoms with Gasteiger partial charge in [0.15, 0.2) is 0 Å². The molecule has 0 saturated carbocycles. The molecule has 11 heavy (non-hydrogen) atoms. The maximum absolute atomic E-state index is 4.18. The molecule has 0 atom stereocenters. The highest BCUT2D eigenvalue weighted by atomic mass is 14.7. The van der Waals surface area contributed by atoms with Gasteiger partial charge in [-0.25, -0.2) is 0 Å². The van der Waals surface area contributed by atoms with Crippen molar-refractivity contribution in [3.8, 4) is 0 Å². The monoisotopic (exact) mass is 149 g/mol. The summed E-state index contributed by atoms with van der Waals surface area (Å²) in [4.78, 5) is 4.18. The van der Waals surface area contributed by atoms with Crippen LogP contribution in [0.4, 0.5) is 0 Å². The van der Waals surface area contributed by atoms with Gasteiger partial charge in [0.1, 0.15) is 0 Å². The van der Waals surface area contributed by atoms with E-state index >= 15 is 0 Å². The molecule has 0 aromatic rings. The average Bonchev–Trinajstić information content (AvgIpc) is 1.97. The zero-order valence-electron chi connectivity index (χ0n) is 7.25. The fraction of sp³-hybridized carbons (Fsp3) is 0.300. The highest BCUT2D eigenvalue weighted by Gasteiger charge is 1.96. The predicted molar refractivity (Wildman–Crippen MR) is 51.8 cm³/mol. The van der Waals surface area contributed by atoms with Crippen molar-refractivity contribution in [1.82, 2.24) is 0 Å². The average molecular weight is 149 g/mol. The van der Waals surface area contributed by atoms with Crippen molar-refractivity contribution in [2.24, 2.45) is 10.9 Å². The third kappa shape index (κ3) is 4.31. The fourth-order valence-electron chi connectivity index (χ4n) is 0.644. The Kier molecular flexibility index (Phi) is 5.09. The van der Waals surface area contributed by atoms with E-state index in [1.807, 2.05) is 6.08 Å². The Morgan fingerprint density at radius 3 is 2.27 bits per heavy atom. The van der Waals surface area contributed by atoms with Gasteiger partial charge in [-0.15, -0.1) is 0 Å². The van der Waals surface area contributed by atoms with E-state index in [9.17, 15) is 0 Å². The number of hydrogen-bond acceptors (Lipinski definition) is 1. The molecule has 0 saturated heterocycles. The molecule has 0 unspecified atom stereocenters. The number of aliphatic imine (C=N–C) groups is 1. The Morgan fingerprint density at radius 1 is 1.27 bits per heavy atom. The highest BCUT2D eigenvalue weighted by molar-refractivity contribution is 5.71. The van der Waals surface area contributed by atoms with Crippen LogP contribution in [0.15, 0.2) is 42.1 Å². The van der Waals surface area contributed by atoms with Gasteiger partial charge in [-0.3, -0.25) is 4.99 Å². The van der Waals surface area contributed by atoms with E-state index in [0.29, 0.717) is 5.92 Å². The van der Waals surface area contributed by atoms with Crippen molar-refractivity contribution in [2.45, 2.75) is 13.8 Å². The number of rotatable bonds is 4. The van der Waals surface area contributed by atoms with Crippen LogP contribution in [0.3, 0.4) is 0 Å². The smallest absolute Gasteiger partial charge is 0.0428 e. The van der Waals surface area contributed by atoms with Crippen molar-refractivity contribution in [1.29, 1.82) is 0 Å². The summed E-state index contributed by atoms with van der Waals surface area (Å²) in [6.07, 6.45) is 7.01. The van der Waals surface area contributed by atoms with Crippen LogP contribution in [-0.4, -0.2) is 6.21 Å². The van der Waals surface area contributed by atoms with E-state index in [1.54, 1.807) is 18.4 Å². The van der Waals surface area contributed by atoms with Crippen LogP contribution in [0, 0.1) is 5.92 Å². The van der Waals surface area contributed by atoms with Crippen molar-refractivity contribution < 1.29 is 0 Å². The van der Waals surface area contributed by atoms with Gasteiger partial charge >= 0.3 is 0 Å². The number of hydrogen-bond donors (Lipinski definition) is 0. The maximum Gasteiger partial charge on any atom is 0.0428 e. The summed E-state index contributed by atoms with van der Waals surface area (Å²) in [6.45, 7) is 11.4. The van der Waals surface area contributed by atoms with E-state index in [1.165, 1.54) is 0 Å². The third-order valence-corrected chi connectivity index (χ3v) is 1.21. The van der Waals surface area contributed by atoms with Gasteiger partial charge < -0.3 is 0 Å². The van der Waals surface area contributed by atoms with E-state index < -0.39 is 0 Å². The highest BCUT2D eigenvalue weighted by Crippen LogP contribution is 2.09. The number of allylic oxidation sites excluding steroid dienone is 4. The van der Waals surface area contributed by atoms with Crippen molar-refractivity contribution in [3.63, 3.8) is 0 Å². The van der Waals surface area contributed by atoms with Gasteiger partial charge in [0, 0.05) is 11.9 Å². The molecule has 0 bridgehead atoms. The first-order valence-corrected chi connectivity index (χ1v) is 3.70. The van der Waals surface area contributed by atoms with Crippen LogP contribution < -0.4 is 0 Å². The molecule has 0 aliphatic heterocycles. The van der Waals surface area contributed by atoms with Crippen LogP contribution in [0.2, 0.25) is 0 Å². The van der Waals surface area contributed by atoms with Crippen molar-refractivity contribution >= 4 is 6.21 Å². The molecule has 0 amide bonds. The first-order chi connectivity index (χ1) is 5.22. The Morgan fingerprint density at radius 2 is 1.91 bits per heavy atom. The largest absolute Gasteiger partial charge is 0.261 e. The zero-order valence-corrected chi connectivity index (χ0v) is 7.25. The van der Waals surface area contributed by atoms with E-state index in [4.69, 9.17) is 0 Å². The van der Waals surface area contributed by atoms with Crippen LogP contribution in [0.1, 0.15) is 13.8 Å². The van der Waals surface area contributed by atoms with Crippen LogP contribution in [0.5, 0.6) is 0 Å². The van der Waals surface area contributed by atoms with Gasteiger partial charge in [-0.1, -0.05) is 39.2 Å². The van der Waals surface area contributed by atoms with Gasteiger partial charge in [-0.05, 0) is 12.0 Å². The Hall–Kier alpha value is -1.11. The summed E-state index contributed by atoms with van der Waals surface area (Å²) in [5, 5.41) is 0. The molecule has 0 heterocycles. The minimum Gasteiger partial charge on any atom is -0.261 e. The molecule has 1 nitrogen and oxygen atoms in total. The summed E-state index contributed by atoms with van der Waals surface area (Å²) < 4.78 is 0. The third-order valence-electron chi connectivity index (χ3n) is 1.21. The lowest BCUT2D eigenvalue weighted by Gasteiger charge is -2.02. The quantitative estimate of drug-likeness (QED) is 0.430. The molecule has 0 N–H and O–H groups in total. The molecular weight excluding hydrogens is 134 g/mol. The first-order valence-electron chi connectivity index (χ1n) is 3.70. The summed E-state index contributed by atoms with van der Waals surface area (Å²) in [6, 6.07) is 0. The molecule has 0 aromatic heterocycles. The van der Waals surface area contributed by atoms with Gasteiger partial charge in [0.2, 0.25) is 0 Å². The van der Waals surface area contributed by atoms with Crippen LogP contribution in [0.25, 0.3) is 0 Å². The van der Waals surface area contributed by atoms with Crippen LogP contribution in [-0.2, 0) is 0 Å². The van der Waals surface area contributed by atoms with Gasteiger partial charge in [0.25, 0.3) is 0 Å². The summed E-state index contributed by atoms with van der Waals surface area (Å²) in [5.74, 6) is 0.434. The van der Waals surface area contributed by atoms with E-state index in [2.05, 4.69) is 32.0 Å². The molecular formula is C10H15N. The Bertz CT molecular complexity index is 185. The minimum absolute atomic E-state index is 0.434. The lowest BCUT2D eigenvalue weighted by molar-refractivity contribution is 0.759. The molecule has 0 aromatic carbocycles. The lowest BCUT2D eigenvalue weighted by Crippen LogP contribution is -1.89. The minimum atomic E-state index is 0.434. The topological polar surface area (TPSA) is 12.4 Å². The Labute approximate surface area is 68.9 Å². The molecule has 0 fully saturated rings. The normalized spacial score (nSPS) is 12.5. The van der Waals surface area contributed by atoms with E-state index in [0.717, 1.165) is 5.70 Å². The summed E-state index contributed by atoms with van der Waals surface area (Å²) >= 11 is 0. The van der Waals surface area contributed by atoms with E-state index in [-0.39, 0.29) is 0 Å². The van der Waals surface area contributed by atoms with Crippen LogP contribution >= 0.6 is 0 Å². The molecule has 0 aliphatic carbocycles. The fourth-order valence-corrected chi connectivity index (χ4v) is 0.644. The number of nitrogens with zero attached hydrogens (tertiary/aromatic N) is 1. The molecule has 0 spiro atoms. The predicted octanol–water partition coefficient (Wildman–Crippen LogP) is 2.97. The molecule has 0 radical (unpaired) electrons. The standard InChI is InChI=1S/C10H15N/c1-5-7-10(9(3)4)11-8-6-2/h5-9H,1-2H2,3-4H3/b10-7-,11-8?. The summed E-state index contributed by atoms with van der Waals surface area (Å²) in [7, 11) is 0. The second-order valence-corrected chi connectivity index (χ2v) is 2.50. The maximum atomic E-state index is 4.18. The second-order valence-electron chi connectivity index (χ2n) is 2.50. The SMILES string of the molecule is C=CC=N/C(=C\C=C)C(C)C. The zero-order chi connectivity index (χ0) is 8.69. The van der Waals surface area contributed by atoms with Gasteiger partial charge in [0.05, 0.1) is 0 Å². The Balaban J connectivity index is 4.34. The molecule has 0 rings (SSSR count). The molecule has 0 aliphatic rings. The molecule has 1 heteroatoms. The van der Waals surface area contributed by atoms with Crippen molar-refractivity contribution in [2.75, 3.05) is 0 Å².